The molecule has 1 fully saturated rings. The van der Waals surface area contributed by atoms with E-state index in [2.05, 4.69) is 15.5 Å². The molecular formula is C14H24N4O2. The average molecular weight is 280 g/mol. The van der Waals surface area contributed by atoms with Gasteiger partial charge in [0.15, 0.2) is 5.82 Å². The van der Waals surface area contributed by atoms with Crippen LogP contribution in [0, 0.1) is 0 Å². The van der Waals surface area contributed by atoms with Crippen molar-refractivity contribution in [2.45, 2.75) is 58.4 Å². The number of urea groups is 1. The van der Waals surface area contributed by atoms with Gasteiger partial charge in [-0.25, -0.2) is 4.79 Å². The highest BCUT2D eigenvalue weighted by Crippen LogP contribution is 2.18. The first kappa shape index (κ1) is 14.8. The highest BCUT2D eigenvalue weighted by atomic mass is 16.5. The molecule has 1 aliphatic heterocycles. The molecule has 0 unspecified atom stereocenters. The molecule has 2 heterocycles. The van der Waals surface area contributed by atoms with E-state index in [1.165, 1.54) is 12.8 Å². The fourth-order valence-electron chi connectivity index (χ4n) is 2.17. The second-order valence-corrected chi connectivity index (χ2v) is 6.32. The summed E-state index contributed by atoms with van der Waals surface area (Å²) in [6.45, 7) is 8.04. The first-order valence-electron chi connectivity index (χ1n) is 7.32. The van der Waals surface area contributed by atoms with Gasteiger partial charge >= 0.3 is 6.03 Å². The van der Waals surface area contributed by atoms with Crippen LogP contribution < -0.4 is 5.32 Å². The van der Waals surface area contributed by atoms with Crippen LogP contribution in [0.4, 0.5) is 4.79 Å². The lowest BCUT2D eigenvalue weighted by molar-refractivity contribution is 0.197. The van der Waals surface area contributed by atoms with E-state index in [0.29, 0.717) is 18.3 Å². The molecule has 6 nitrogen and oxygen atoms in total. The van der Waals surface area contributed by atoms with Crippen molar-refractivity contribution in [3.8, 4) is 0 Å². The van der Waals surface area contributed by atoms with Gasteiger partial charge in [0.2, 0.25) is 5.89 Å². The molecule has 2 rings (SSSR count). The maximum absolute atomic E-state index is 12.1. The summed E-state index contributed by atoms with van der Waals surface area (Å²) in [6.07, 6.45) is 4.59. The van der Waals surface area contributed by atoms with E-state index >= 15 is 0 Å². The minimum atomic E-state index is -0.142. The minimum Gasteiger partial charge on any atom is -0.337 e. The Kier molecular flexibility index (Phi) is 4.62. The van der Waals surface area contributed by atoms with Gasteiger partial charge in [0.1, 0.15) is 0 Å². The standard InChI is InChI=1S/C14H24N4O2/c1-14(2,3)12-16-11(20-17-12)10-15-13(19)18-8-6-4-5-7-9-18/h4-10H2,1-3H3,(H,15,19). The predicted molar refractivity (Wildman–Crippen MR) is 75.3 cm³/mol. The van der Waals surface area contributed by atoms with Crippen molar-refractivity contribution in [2.24, 2.45) is 0 Å². The molecule has 2 amide bonds. The summed E-state index contributed by atoms with van der Waals surface area (Å²) in [5.74, 6) is 1.12. The average Bonchev–Trinajstić information content (AvgIpc) is 2.70. The number of nitrogens with zero attached hydrogens (tertiary/aromatic N) is 3. The van der Waals surface area contributed by atoms with Gasteiger partial charge in [0.25, 0.3) is 0 Å². The Balaban J connectivity index is 1.85. The fourth-order valence-corrected chi connectivity index (χ4v) is 2.17. The van der Waals surface area contributed by atoms with E-state index in [-0.39, 0.29) is 11.4 Å². The van der Waals surface area contributed by atoms with E-state index in [9.17, 15) is 4.79 Å². The third-order valence-electron chi connectivity index (χ3n) is 3.42. The molecule has 0 atom stereocenters. The van der Waals surface area contributed by atoms with Crippen LogP contribution in [-0.4, -0.2) is 34.2 Å². The Labute approximate surface area is 119 Å². The zero-order valence-electron chi connectivity index (χ0n) is 12.6. The largest absolute Gasteiger partial charge is 0.337 e. The molecule has 0 spiro atoms. The van der Waals surface area contributed by atoms with Gasteiger partial charge in [-0.15, -0.1) is 0 Å². The molecule has 1 aromatic heterocycles. The Hall–Kier alpha value is -1.59. The van der Waals surface area contributed by atoms with Crippen molar-refractivity contribution in [1.82, 2.24) is 20.4 Å². The third kappa shape index (κ3) is 3.95. The Morgan fingerprint density at radius 1 is 1.25 bits per heavy atom. The molecule has 6 heteroatoms. The number of aromatic nitrogens is 2. The maximum atomic E-state index is 12.1. The molecule has 1 aliphatic rings. The summed E-state index contributed by atoms with van der Waals surface area (Å²) in [4.78, 5) is 18.2. The second kappa shape index (κ2) is 6.24. The first-order valence-corrected chi connectivity index (χ1v) is 7.32. The number of hydrogen-bond acceptors (Lipinski definition) is 4. The zero-order valence-corrected chi connectivity index (χ0v) is 12.6. The summed E-state index contributed by atoms with van der Waals surface area (Å²) in [5, 5.41) is 6.79. The highest BCUT2D eigenvalue weighted by molar-refractivity contribution is 5.74. The van der Waals surface area contributed by atoms with Crippen molar-refractivity contribution in [3.63, 3.8) is 0 Å². The van der Waals surface area contributed by atoms with Gasteiger partial charge in [-0.05, 0) is 12.8 Å². The fraction of sp³-hybridized carbons (Fsp3) is 0.786. The molecule has 1 saturated heterocycles. The smallest absolute Gasteiger partial charge is 0.317 e. The van der Waals surface area contributed by atoms with E-state index in [4.69, 9.17) is 4.52 Å². The summed E-state index contributed by atoms with van der Waals surface area (Å²) in [6, 6.07) is -0.0394. The van der Waals surface area contributed by atoms with Crippen molar-refractivity contribution in [1.29, 1.82) is 0 Å². The van der Waals surface area contributed by atoms with Crippen LogP contribution in [0.2, 0.25) is 0 Å². The van der Waals surface area contributed by atoms with E-state index < -0.39 is 0 Å². The van der Waals surface area contributed by atoms with Gasteiger partial charge in [-0.1, -0.05) is 38.8 Å². The second-order valence-electron chi connectivity index (χ2n) is 6.32. The van der Waals surface area contributed by atoms with Crippen molar-refractivity contribution in [2.75, 3.05) is 13.1 Å². The molecule has 0 aromatic carbocycles. The van der Waals surface area contributed by atoms with Gasteiger partial charge < -0.3 is 14.7 Å². The minimum absolute atomic E-state index is 0.0394. The number of carbonyl (C=O) groups excluding carboxylic acids is 1. The Morgan fingerprint density at radius 3 is 2.45 bits per heavy atom. The third-order valence-corrected chi connectivity index (χ3v) is 3.42. The number of amides is 2. The SMILES string of the molecule is CC(C)(C)c1noc(CNC(=O)N2CCCCCC2)n1. The van der Waals surface area contributed by atoms with Crippen LogP contribution in [-0.2, 0) is 12.0 Å². The molecule has 0 saturated carbocycles. The van der Waals surface area contributed by atoms with Crippen molar-refractivity contribution in [3.05, 3.63) is 11.7 Å². The summed E-state index contributed by atoms with van der Waals surface area (Å²) >= 11 is 0. The van der Waals surface area contributed by atoms with Crippen molar-refractivity contribution < 1.29 is 9.32 Å². The monoisotopic (exact) mass is 280 g/mol. The highest BCUT2D eigenvalue weighted by Gasteiger charge is 2.21. The van der Waals surface area contributed by atoms with Gasteiger partial charge in [-0.2, -0.15) is 4.98 Å². The predicted octanol–water partition coefficient (Wildman–Crippen LogP) is 2.45. The van der Waals surface area contributed by atoms with Gasteiger partial charge in [-0.3, -0.25) is 0 Å². The molecule has 1 N–H and O–H groups in total. The van der Waals surface area contributed by atoms with Crippen molar-refractivity contribution >= 4 is 6.03 Å². The molecule has 0 aliphatic carbocycles. The number of likely N-dealkylation sites (tertiary alicyclic amines) is 1. The van der Waals surface area contributed by atoms with Crippen LogP contribution >= 0.6 is 0 Å². The Bertz CT molecular complexity index is 442. The number of hydrogen-bond donors (Lipinski definition) is 1. The van der Waals surface area contributed by atoms with Gasteiger partial charge in [0, 0.05) is 18.5 Å². The van der Waals surface area contributed by atoms with Crippen LogP contribution in [0.25, 0.3) is 0 Å². The molecule has 112 valence electrons. The molecule has 0 radical (unpaired) electrons. The first-order chi connectivity index (χ1) is 9.47. The summed E-state index contributed by atoms with van der Waals surface area (Å²) in [7, 11) is 0. The lowest BCUT2D eigenvalue weighted by Gasteiger charge is -2.20. The number of carbonyl (C=O) groups is 1. The van der Waals surface area contributed by atoms with Crippen LogP contribution in [0.5, 0.6) is 0 Å². The Morgan fingerprint density at radius 2 is 1.90 bits per heavy atom. The molecule has 0 bridgehead atoms. The number of nitrogens with one attached hydrogen (secondary N) is 1. The summed E-state index contributed by atoms with van der Waals surface area (Å²) in [5.41, 5.74) is -0.142. The van der Waals surface area contributed by atoms with E-state index in [1.807, 2.05) is 25.7 Å². The quantitative estimate of drug-likeness (QED) is 0.903. The molecular weight excluding hydrogens is 256 g/mol. The molecule has 20 heavy (non-hydrogen) atoms. The number of rotatable bonds is 2. The van der Waals surface area contributed by atoms with E-state index in [1.54, 1.807) is 0 Å². The summed E-state index contributed by atoms with van der Waals surface area (Å²) < 4.78 is 5.16. The van der Waals surface area contributed by atoms with Crippen LogP contribution in [0.15, 0.2) is 4.52 Å². The molecule has 1 aromatic rings. The zero-order chi connectivity index (χ0) is 14.6. The maximum Gasteiger partial charge on any atom is 0.317 e. The van der Waals surface area contributed by atoms with Crippen LogP contribution in [0.3, 0.4) is 0 Å². The van der Waals surface area contributed by atoms with Crippen LogP contribution in [0.1, 0.15) is 58.2 Å². The van der Waals surface area contributed by atoms with E-state index in [0.717, 1.165) is 25.9 Å². The lowest BCUT2D eigenvalue weighted by atomic mass is 9.96. The lowest BCUT2D eigenvalue weighted by Crippen LogP contribution is -2.40. The topological polar surface area (TPSA) is 71.3 Å². The normalized spacial score (nSPS) is 16.9. The van der Waals surface area contributed by atoms with Gasteiger partial charge in [0.05, 0.1) is 6.54 Å².